The fourth-order valence-electron chi connectivity index (χ4n) is 2.40. The van der Waals surface area contributed by atoms with Gasteiger partial charge in [0.1, 0.15) is 0 Å². The maximum Gasteiger partial charge on any atom is 0.252 e. The van der Waals surface area contributed by atoms with E-state index in [1.165, 1.54) is 0 Å². The molecule has 1 aromatic rings. The maximum atomic E-state index is 11.3. The Morgan fingerprint density at radius 1 is 1.68 bits per heavy atom. The number of primary amides is 1. The summed E-state index contributed by atoms with van der Waals surface area (Å²) in [6.07, 6.45) is 3.41. The van der Waals surface area contributed by atoms with Gasteiger partial charge in [0.2, 0.25) is 0 Å². The topological polar surface area (TPSA) is 97.3 Å². The zero-order valence-corrected chi connectivity index (χ0v) is 11.3. The van der Waals surface area contributed by atoms with E-state index in [1.54, 1.807) is 13.2 Å². The third-order valence-corrected chi connectivity index (χ3v) is 3.46. The second-order valence-corrected chi connectivity index (χ2v) is 4.65. The van der Waals surface area contributed by atoms with Gasteiger partial charge in [-0.15, -0.1) is 0 Å². The molecule has 0 saturated carbocycles. The van der Waals surface area contributed by atoms with Crippen LogP contribution in [0.2, 0.25) is 0 Å². The summed E-state index contributed by atoms with van der Waals surface area (Å²) in [5, 5.41) is 10.4. The minimum atomic E-state index is -0.402. The van der Waals surface area contributed by atoms with E-state index in [-0.39, 0.29) is 0 Å². The summed E-state index contributed by atoms with van der Waals surface area (Å²) in [4.78, 5) is 15.4. The lowest BCUT2D eigenvalue weighted by Gasteiger charge is -2.24. The first-order valence-electron chi connectivity index (χ1n) is 6.38. The molecule has 0 saturated heterocycles. The maximum absolute atomic E-state index is 11.3. The number of guanidine groups is 1. The van der Waals surface area contributed by atoms with Crippen molar-refractivity contribution in [1.82, 2.24) is 20.4 Å². The molecule has 1 unspecified atom stereocenters. The van der Waals surface area contributed by atoms with E-state index in [2.05, 4.69) is 20.7 Å². The van der Waals surface area contributed by atoms with Crippen LogP contribution in [0.4, 0.5) is 0 Å². The highest BCUT2D eigenvalue weighted by molar-refractivity contribution is 5.93. The predicted octanol–water partition coefficient (Wildman–Crippen LogP) is -0.661. The highest BCUT2D eigenvalue weighted by atomic mass is 16.1. The summed E-state index contributed by atoms with van der Waals surface area (Å²) in [7, 11) is 3.57. The molecule has 1 aliphatic rings. The van der Waals surface area contributed by atoms with Crippen LogP contribution in [0, 0.1) is 5.92 Å². The second-order valence-electron chi connectivity index (χ2n) is 4.65. The fraction of sp³-hybridized carbons (Fsp3) is 0.583. The second kappa shape index (κ2) is 5.73. The van der Waals surface area contributed by atoms with E-state index in [0.29, 0.717) is 11.5 Å². The van der Waals surface area contributed by atoms with Gasteiger partial charge in [0.25, 0.3) is 5.91 Å². The van der Waals surface area contributed by atoms with E-state index in [9.17, 15) is 4.79 Å². The molecule has 1 amide bonds. The first-order valence-corrected chi connectivity index (χ1v) is 6.38. The van der Waals surface area contributed by atoms with Crippen molar-refractivity contribution in [3.05, 3.63) is 17.5 Å². The Labute approximate surface area is 112 Å². The molecular formula is C12H20N6O. The van der Waals surface area contributed by atoms with E-state index < -0.39 is 5.91 Å². The summed E-state index contributed by atoms with van der Waals surface area (Å²) >= 11 is 0. The zero-order chi connectivity index (χ0) is 13.8. The van der Waals surface area contributed by atoms with Gasteiger partial charge >= 0.3 is 0 Å². The van der Waals surface area contributed by atoms with Gasteiger partial charge in [-0.05, 0) is 18.8 Å². The normalized spacial score (nSPS) is 18.8. The zero-order valence-electron chi connectivity index (χ0n) is 11.3. The Morgan fingerprint density at radius 3 is 3.11 bits per heavy atom. The van der Waals surface area contributed by atoms with Crippen LogP contribution in [-0.4, -0.2) is 42.3 Å². The largest absolute Gasteiger partial charge is 0.365 e. The van der Waals surface area contributed by atoms with Crippen LogP contribution in [-0.2, 0) is 13.0 Å². The van der Waals surface area contributed by atoms with Crippen molar-refractivity contribution in [3.8, 4) is 0 Å². The van der Waals surface area contributed by atoms with Crippen LogP contribution in [0.5, 0.6) is 0 Å². The average molecular weight is 264 g/mol. The molecule has 0 spiro atoms. The predicted molar refractivity (Wildman–Crippen MR) is 73.0 cm³/mol. The average Bonchev–Trinajstić information content (AvgIpc) is 2.83. The molecular weight excluding hydrogens is 244 g/mol. The molecule has 7 heteroatoms. The van der Waals surface area contributed by atoms with E-state index >= 15 is 0 Å². The number of hydrogen-bond acceptors (Lipinski definition) is 3. The summed E-state index contributed by atoms with van der Waals surface area (Å²) in [5.74, 6) is 0.822. The van der Waals surface area contributed by atoms with Crippen LogP contribution in [0.15, 0.2) is 11.2 Å². The first-order chi connectivity index (χ1) is 9.15. The van der Waals surface area contributed by atoms with Crippen LogP contribution in [0.25, 0.3) is 0 Å². The lowest BCUT2D eigenvalue weighted by atomic mass is 9.94. The van der Waals surface area contributed by atoms with Crippen LogP contribution in [0.1, 0.15) is 22.5 Å². The van der Waals surface area contributed by atoms with Crippen molar-refractivity contribution >= 4 is 11.9 Å². The highest BCUT2D eigenvalue weighted by Gasteiger charge is 2.24. The Morgan fingerprint density at radius 2 is 2.47 bits per heavy atom. The molecule has 7 nitrogen and oxygen atoms in total. The van der Waals surface area contributed by atoms with Crippen molar-refractivity contribution < 1.29 is 4.79 Å². The van der Waals surface area contributed by atoms with Crippen LogP contribution >= 0.6 is 0 Å². The van der Waals surface area contributed by atoms with Gasteiger partial charge in [-0.1, -0.05) is 0 Å². The van der Waals surface area contributed by atoms with Gasteiger partial charge in [-0.3, -0.25) is 14.5 Å². The van der Waals surface area contributed by atoms with Crippen molar-refractivity contribution in [2.75, 3.05) is 20.6 Å². The number of amides is 1. The number of aromatic nitrogens is 2. The van der Waals surface area contributed by atoms with Gasteiger partial charge in [-0.25, -0.2) is 0 Å². The van der Waals surface area contributed by atoms with E-state index in [1.807, 2.05) is 11.7 Å². The van der Waals surface area contributed by atoms with Gasteiger partial charge in [0.05, 0.1) is 17.5 Å². The molecule has 1 atom stereocenters. The van der Waals surface area contributed by atoms with Crippen LogP contribution < -0.4 is 16.4 Å². The molecule has 19 heavy (non-hydrogen) atoms. The van der Waals surface area contributed by atoms with Crippen molar-refractivity contribution in [1.29, 1.82) is 0 Å². The quantitative estimate of drug-likeness (QED) is 0.498. The Bertz CT molecular complexity index is 492. The number of rotatable bonds is 3. The number of carbonyl (C=O) groups excluding carboxylic acids is 1. The monoisotopic (exact) mass is 264 g/mol. The van der Waals surface area contributed by atoms with Crippen LogP contribution in [0.3, 0.4) is 0 Å². The highest BCUT2D eigenvalue weighted by Crippen LogP contribution is 2.22. The van der Waals surface area contributed by atoms with Gasteiger partial charge in [-0.2, -0.15) is 5.10 Å². The Kier molecular flexibility index (Phi) is 4.03. The van der Waals surface area contributed by atoms with E-state index in [0.717, 1.165) is 37.6 Å². The number of nitrogens with zero attached hydrogens (tertiary/aromatic N) is 3. The number of aliphatic imine (C=N–C) groups is 1. The molecule has 0 bridgehead atoms. The molecule has 0 aromatic carbocycles. The summed E-state index contributed by atoms with van der Waals surface area (Å²) in [5.41, 5.74) is 6.85. The van der Waals surface area contributed by atoms with Crippen molar-refractivity contribution in [2.45, 2.75) is 19.4 Å². The molecule has 4 N–H and O–H groups in total. The molecule has 104 valence electrons. The molecule has 0 radical (unpaired) electrons. The third-order valence-electron chi connectivity index (χ3n) is 3.46. The Hall–Kier alpha value is -2.05. The smallest absolute Gasteiger partial charge is 0.252 e. The van der Waals surface area contributed by atoms with Crippen molar-refractivity contribution in [3.63, 3.8) is 0 Å². The SMILES string of the molecule is CN=C(NC)NCC1CCn2ncc(C(N)=O)c2C1. The van der Waals surface area contributed by atoms with E-state index in [4.69, 9.17) is 5.73 Å². The molecule has 2 rings (SSSR count). The summed E-state index contributed by atoms with van der Waals surface area (Å²) < 4.78 is 1.88. The molecule has 0 fully saturated rings. The number of aryl methyl sites for hydroxylation is 1. The number of carbonyl (C=O) groups is 1. The first kappa shape index (κ1) is 13.4. The molecule has 1 aliphatic heterocycles. The summed E-state index contributed by atoms with van der Waals surface area (Å²) in [6, 6.07) is 0. The minimum absolute atomic E-state index is 0.402. The molecule has 1 aromatic heterocycles. The number of hydrogen-bond donors (Lipinski definition) is 3. The third kappa shape index (κ3) is 2.86. The lowest BCUT2D eigenvalue weighted by molar-refractivity contribution is 0.0998. The molecule has 2 heterocycles. The van der Waals surface area contributed by atoms with Gasteiger partial charge in [0.15, 0.2) is 5.96 Å². The number of fused-ring (bicyclic) bond motifs is 1. The minimum Gasteiger partial charge on any atom is -0.365 e. The Balaban J connectivity index is 2.01. The number of nitrogens with one attached hydrogen (secondary N) is 2. The standard InChI is InChI=1S/C12H20N6O/c1-14-12(15-2)16-6-8-3-4-18-10(5-8)9(7-17-18)11(13)19/h7-8H,3-6H2,1-2H3,(H2,13,19)(H2,14,15,16). The van der Waals surface area contributed by atoms with Gasteiger partial charge < -0.3 is 16.4 Å². The fourth-order valence-corrected chi connectivity index (χ4v) is 2.40. The van der Waals surface area contributed by atoms with Crippen molar-refractivity contribution in [2.24, 2.45) is 16.6 Å². The molecule has 0 aliphatic carbocycles. The number of nitrogens with two attached hydrogens (primary N) is 1. The summed E-state index contributed by atoms with van der Waals surface area (Å²) in [6.45, 7) is 1.64. The lowest BCUT2D eigenvalue weighted by Crippen LogP contribution is -2.39. The van der Waals surface area contributed by atoms with Gasteiger partial charge in [0, 0.05) is 27.2 Å².